The zero-order valence-electron chi connectivity index (χ0n) is 12.7. The van der Waals surface area contributed by atoms with Crippen LogP contribution >= 0.6 is 11.6 Å². The lowest BCUT2D eigenvalue weighted by Gasteiger charge is -2.20. The Bertz CT molecular complexity index is 694. The molecule has 0 saturated carbocycles. The maximum atomic E-state index is 12.3. The van der Waals surface area contributed by atoms with E-state index in [1.54, 1.807) is 23.2 Å². The molecule has 1 fully saturated rings. The van der Waals surface area contributed by atoms with Gasteiger partial charge in [0.05, 0.1) is 17.4 Å². The summed E-state index contributed by atoms with van der Waals surface area (Å²) < 4.78 is 0. The Morgan fingerprint density at radius 3 is 2.64 bits per heavy atom. The van der Waals surface area contributed by atoms with E-state index in [0.717, 1.165) is 11.4 Å². The minimum Gasteiger partial charge on any atom is -0.320 e. The maximum absolute atomic E-state index is 12.3. The first-order valence-electron chi connectivity index (χ1n) is 7.19. The summed E-state index contributed by atoms with van der Waals surface area (Å²) in [6, 6.07) is 7.28. The van der Waals surface area contributed by atoms with Gasteiger partial charge in [0, 0.05) is 11.6 Å². The quantitative estimate of drug-likeness (QED) is 0.941. The van der Waals surface area contributed by atoms with E-state index in [9.17, 15) is 4.79 Å². The van der Waals surface area contributed by atoms with Gasteiger partial charge in [0.2, 0.25) is 5.91 Å². The average Bonchev–Trinajstić information content (AvgIpc) is 3.04. The van der Waals surface area contributed by atoms with Gasteiger partial charge in [0.1, 0.15) is 11.9 Å². The Balaban J connectivity index is 1.90. The molecule has 0 bridgehead atoms. The molecule has 1 unspecified atom stereocenters. The molecule has 1 aliphatic rings. The van der Waals surface area contributed by atoms with Crippen LogP contribution in [-0.4, -0.2) is 37.9 Å². The lowest BCUT2D eigenvalue weighted by molar-refractivity contribution is -0.132. The van der Waals surface area contributed by atoms with E-state index in [1.807, 2.05) is 32.9 Å². The van der Waals surface area contributed by atoms with Crippen molar-refractivity contribution < 1.29 is 4.79 Å². The highest BCUT2D eigenvalue weighted by Gasteiger charge is 2.45. The molecule has 0 aliphatic carbocycles. The van der Waals surface area contributed by atoms with E-state index in [1.165, 1.54) is 4.80 Å². The minimum atomic E-state index is -0.593. The molecule has 7 heteroatoms. The molecule has 1 amide bonds. The number of rotatable bonds is 3. The topological polar surface area (TPSA) is 63.1 Å². The second-order valence-electron chi connectivity index (χ2n) is 5.80. The van der Waals surface area contributed by atoms with Crippen LogP contribution in [0.5, 0.6) is 0 Å². The summed E-state index contributed by atoms with van der Waals surface area (Å²) >= 11 is 5.89. The monoisotopic (exact) mass is 319 g/mol. The third kappa shape index (κ3) is 2.48. The fraction of sp³-hybridized carbons (Fsp3) is 0.400. The molecule has 6 nitrogen and oxygen atoms in total. The van der Waals surface area contributed by atoms with Crippen LogP contribution in [0.25, 0.3) is 5.69 Å². The zero-order valence-corrected chi connectivity index (χ0v) is 13.5. The SMILES string of the molecule is CCN1C(=O)C(C)(C)NC1c1cnn(-c2ccc(Cl)cc2)n1. The van der Waals surface area contributed by atoms with Crippen molar-refractivity contribution in [1.29, 1.82) is 0 Å². The number of carbonyl (C=O) groups is 1. The highest BCUT2D eigenvalue weighted by Crippen LogP contribution is 2.29. The Hall–Kier alpha value is -1.92. The number of likely N-dealkylation sites (N-methyl/N-ethyl adjacent to an activating group) is 1. The molecule has 116 valence electrons. The van der Waals surface area contributed by atoms with Gasteiger partial charge in [-0.25, -0.2) is 0 Å². The summed E-state index contributed by atoms with van der Waals surface area (Å²) in [7, 11) is 0. The predicted molar refractivity (Wildman–Crippen MR) is 83.7 cm³/mol. The zero-order chi connectivity index (χ0) is 15.9. The van der Waals surface area contributed by atoms with Crippen LogP contribution in [-0.2, 0) is 4.79 Å². The summed E-state index contributed by atoms with van der Waals surface area (Å²) in [5, 5.41) is 12.8. The first-order valence-corrected chi connectivity index (χ1v) is 7.57. The fourth-order valence-electron chi connectivity index (χ4n) is 2.62. The number of benzene rings is 1. The van der Waals surface area contributed by atoms with Crippen LogP contribution in [0, 0.1) is 0 Å². The van der Waals surface area contributed by atoms with Crippen LogP contribution in [0.1, 0.15) is 32.6 Å². The third-order valence-corrected chi connectivity index (χ3v) is 4.04. The summed E-state index contributed by atoms with van der Waals surface area (Å²) in [5.74, 6) is 0.0704. The first-order chi connectivity index (χ1) is 10.4. The maximum Gasteiger partial charge on any atom is 0.243 e. The number of amides is 1. The summed E-state index contributed by atoms with van der Waals surface area (Å²) in [5.41, 5.74) is 0.947. The van der Waals surface area contributed by atoms with Crippen LogP contribution in [0.2, 0.25) is 5.02 Å². The second kappa shape index (κ2) is 5.37. The summed E-state index contributed by atoms with van der Waals surface area (Å²) in [6.07, 6.45) is 1.43. The van der Waals surface area contributed by atoms with Gasteiger partial charge in [-0.1, -0.05) is 11.6 Å². The molecule has 1 atom stereocenters. The van der Waals surface area contributed by atoms with Crippen molar-refractivity contribution >= 4 is 17.5 Å². The van der Waals surface area contributed by atoms with Crippen molar-refractivity contribution in [3.05, 3.63) is 41.2 Å². The van der Waals surface area contributed by atoms with Crippen LogP contribution < -0.4 is 5.32 Å². The molecule has 0 radical (unpaired) electrons. The van der Waals surface area contributed by atoms with Gasteiger partial charge in [-0.2, -0.15) is 9.90 Å². The van der Waals surface area contributed by atoms with Gasteiger partial charge in [0.25, 0.3) is 0 Å². The second-order valence-corrected chi connectivity index (χ2v) is 6.23. The van der Waals surface area contributed by atoms with Crippen molar-refractivity contribution in [3.8, 4) is 5.69 Å². The molecule has 1 aliphatic heterocycles. The van der Waals surface area contributed by atoms with Gasteiger partial charge in [-0.05, 0) is 45.0 Å². The number of aromatic nitrogens is 3. The van der Waals surface area contributed by atoms with E-state index < -0.39 is 5.54 Å². The third-order valence-electron chi connectivity index (χ3n) is 3.79. The molecule has 3 rings (SSSR count). The molecular weight excluding hydrogens is 302 g/mol. The smallest absolute Gasteiger partial charge is 0.243 e. The molecule has 2 heterocycles. The number of hydrogen-bond donors (Lipinski definition) is 1. The molecule has 1 aromatic carbocycles. The van der Waals surface area contributed by atoms with E-state index in [2.05, 4.69) is 15.5 Å². The first kappa shape index (κ1) is 15.0. The molecular formula is C15H18ClN5O. The molecule has 1 saturated heterocycles. The van der Waals surface area contributed by atoms with Crippen molar-refractivity contribution in [2.75, 3.05) is 6.54 Å². The van der Waals surface area contributed by atoms with Crippen molar-refractivity contribution in [3.63, 3.8) is 0 Å². The van der Waals surface area contributed by atoms with Gasteiger partial charge < -0.3 is 4.90 Å². The number of carbonyl (C=O) groups excluding carboxylic acids is 1. The fourth-order valence-corrected chi connectivity index (χ4v) is 2.74. The minimum absolute atomic E-state index is 0.0704. The summed E-state index contributed by atoms with van der Waals surface area (Å²) in [6.45, 7) is 6.33. The highest BCUT2D eigenvalue weighted by atomic mass is 35.5. The summed E-state index contributed by atoms with van der Waals surface area (Å²) in [4.78, 5) is 15.7. The Kier molecular flexibility index (Phi) is 3.66. The standard InChI is InChI=1S/C15H18ClN5O/c1-4-20-13(18-15(2,3)14(20)22)12-9-17-21(19-12)11-7-5-10(16)6-8-11/h5-9,13,18H,4H2,1-3H3. The lowest BCUT2D eigenvalue weighted by atomic mass is 10.1. The van der Waals surface area contributed by atoms with Gasteiger partial charge in [0.15, 0.2) is 0 Å². The Labute approximate surface area is 134 Å². The van der Waals surface area contributed by atoms with Gasteiger partial charge in [-0.15, -0.1) is 5.10 Å². The highest BCUT2D eigenvalue weighted by molar-refractivity contribution is 6.30. The number of halogens is 1. The Morgan fingerprint density at radius 2 is 2.00 bits per heavy atom. The average molecular weight is 320 g/mol. The van der Waals surface area contributed by atoms with Crippen LogP contribution in [0.4, 0.5) is 0 Å². The van der Waals surface area contributed by atoms with E-state index in [0.29, 0.717) is 11.6 Å². The van der Waals surface area contributed by atoms with E-state index in [4.69, 9.17) is 11.6 Å². The molecule has 0 spiro atoms. The molecule has 2 aromatic rings. The predicted octanol–water partition coefficient (Wildman–Crippen LogP) is 2.15. The largest absolute Gasteiger partial charge is 0.320 e. The van der Waals surface area contributed by atoms with Crippen LogP contribution in [0.3, 0.4) is 0 Å². The number of nitrogens with zero attached hydrogens (tertiary/aromatic N) is 4. The van der Waals surface area contributed by atoms with Crippen molar-refractivity contribution in [1.82, 2.24) is 25.2 Å². The molecule has 22 heavy (non-hydrogen) atoms. The normalized spacial score (nSPS) is 20.6. The Morgan fingerprint density at radius 1 is 1.32 bits per heavy atom. The molecule has 1 aromatic heterocycles. The van der Waals surface area contributed by atoms with Crippen LogP contribution in [0.15, 0.2) is 30.5 Å². The van der Waals surface area contributed by atoms with Crippen molar-refractivity contribution in [2.45, 2.75) is 32.5 Å². The van der Waals surface area contributed by atoms with Gasteiger partial charge >= 0.3 is 0 Å². The number of nitrogens with one attached hydrogen (secondary N) is 1. The van der Waals surface area contributed by atoms with Gasteiger partial charge in [-0.3, -0.25) is 10.1 Å². The molecule has 1 N–H and O–H groups in total. The van der Waals surface area contributed by atoms with E-state index in [-0.39, 0.29) is 12.1 Å². The lowest BCUT2D eigenvalue weighted by Crippen LogP contribution is -2.40. The number of hydrogen-bond acceptors (Lipinski definition) is 4. The van der Waals surface area contributed by atoms with E-state index >= 15 is 0 Å². The van der Waals surface area contributed by atoms with Crippen molar-refractivity contribution in [2.24, 2.45) is 0 Å².